The molecule has 0 aromatic rings. The summed E-state index contributed by atoms with van der Waals surface area (Å²) in [4.78, 5) is 11.5. The molecule has 2 unspecified atom stereocenters. The molecule has 1 heterocycles. The molecule has 1 N–H and O–H groups in total. The molecular formula is C12H23NO3. The van der Waals surface area contributed by atoms with Gasteiger partial charge < -0.3 is 14.8 Å². The highest BCUT2D eigenvalue weighted by Crippen LogP contribution is 2.16. The first-order valence-electron chi connectivity index (χ1n) is 6.11. The van der Waals surface area contributed by atoms with E-state index in [1.807, 2.05) is 6.92 Å². The molecule has 16 heavy (non-hydrogen) atoms. The Morgan fingerprint density at radius 1 is 1.56 bits per heavy atom. The standard InChI is InChI=1S/C12H23NO3/c1-10(9-15-2)16-12(14)6-5-11-4-3-7-13-8-11/h10-11,13H,3-9H2,1-2H3. The predicted octanol–water partition coefficient (Wildman–Crippen LogP) is 1.34. The SMILES string of the molecule is COCC(C)OC(=O)CCC1CCCNC1. The lowest BCUT2D eigenvalue weighted by atomic mass is 9.95. The molecule has 2 atom stereocenters. The smallest absolute Gasteiger partial charge is 0.306 e. The fourth-order valence-electron chi connectivity index (χ4n) is 2.04. The lowest BCUT2D eigenvalue weighted by molar-refractivity contribution is -0.150. The quantitative estimate of drug-likeness (QED) is 0.698. The molecule has 4 heteroatoms. The maximum absolute atomic E-state index is 11.5. The van der Waals surface area contributed by atoms with Crippen LogP contribution in [0.25, 0.3) is 0 Å². The Labute approximate surface area is 97.7 Å². The second-order valence-corrected chi connectivity index (χ2v) is 4.51. The van der Waals surface area contributed by atoms with Crippen LogP contribution in [0.5, 0.6) is 0 Å². The van der Waals surface area contributed by atoms with E-state index in [-0.39, 0.29) is 12.1 Å². The van der Waals surface area contributed by atoms with Gasteiger partial charge in [0.15, 0.2) is 0 Å². The maximum atomic E-state index is 11.5. The van der Waals surface area contributed by atoms with E-state index in [2.05, 4.69) is 5.32 Å². The van der Waals surface area contributed by atoms with Gasteiger partial charge in [-0.15, -0.1) is 0 Å². The summed E-state index contributed by atoms with van der Waals surface area (Å²) in [5.74, 6) is 0.536. The summed E-state index contributed by atoms with van der Waals surface area (Å²) in [6.07, 6.45) is 3.78. The Balaban J connectivity index is 2.09. The number of hydrogen-bond donors (Lipinski definition) is 1. The van der Waals surface area contributed by atoms with Crippen LogP contribution in [0.2, 0.25) is 0 Å². The van der Waals surface area contributed by atoms with E-state index in [1.165, 1.54) is 12.8 Å². The van der Waals surface area contributed by atoms with E-state index in [4.69, 9.17) is 9.47 Å². The molecule has 0 saturated carbocycles. The zero-order valence-corrected chi connectivity index (χ0v) is 10.3. The first-order chi connectivity index (χ1) is 7.72. The molecule has 1 rings (SSSR count). The second kappa shape index (κ2) is 7.63. The third-order valence-electron chi connectivity index (χ3n) is 2.89. The molecule has 0 radical (unpaired) electrons. The van der Waals surface area contributed by atoms with E-state index in [1.54, 1.807) is 7.11 Å². The van der Waals surface area contributed by atoms with Gasteiger partial charge in [0.1, 0.15) is 6.10 Å². The molecule has 1 aliphatic rings. The number of piperidine rings is 1. The van der Waals surface area contributed by atoms with Crippen LogP contribution in [0.3, 0.4) is 0 Å². The number of rotatable bonds is 6. The molecule has 0 bridgehead atoms. The Hall–Kier alpha value is -0.610. The average Bonchev–Trinajstić information content (AvgIpc) is 2.28. The average molecular weight is 229 g/mol. The lowest BCUT2D eigenvalue weighted by Gasteiger charge is -2.22. The van der Waals surface area contributed by atoms with Crippen LogP contribution in [0, 0.1) is 5.92 Å². The van der Waals surface area contributed by atoms with Crippen LogP contribution < -0.4 is 5.32 Å². The topological polar surface area (TPSA) is 47.6 Å². The highest BCUT2D eigenvalue weighted by atomic mass is 16.6. The van der Waals surface area contributed by atoms with Crippen molar-refractivity contribution in [2.75, 3.05) is 26.8 Å². The van der Waals surface area contributed by atoms with Gasteiger partial charge in [-0.1, -0.05) is 0 Å². The van der Waals surface area contributed by atoms with Gasteiger partial charge in [-0.3, -0.25) is 4.79 Å². The molecule has 0 aromatic heterocycles. The number of nitrogens with one attached hydrogen (secondary N) is 1. The molecule has 0 spiro atoms. The van der Waals surface area contributed by atoms with Gasteiger partial charge in [0, 0.05) is 13.5 Å². The first kappa shape index (κ1) is 13.5. The Bertz CT molecular complexity index is 202. The number of carbonyl (C=O) groups is 1. The predicted molar refractivity (Wildman–Crippen MR) is 62.3 cm³/mol. The van der Waals surface area contributed by atoms with Gasteiger partial charge in [0.2, 0.25) is 0 Å². The minimum absolute atomic E-state index is 0.102. The minimum atomic E-state index is -0.137. The molecule has 94 valence electrons. The Morgan fingerprint density at radius 3 is 3.00 bits per heavy atom. The summed E-state index contributed by atoms with van der Waals surface area (Å²) < 4.78 is 10.1. The van der Waals surface area contributed by atoms with E-state index in [0.717, 1.165) is 19.5 Å². The Morgan fingerprint density at radius 2 is 2.38 bits per heavy atom. The normalized spacial score (nSPS) is 22.8. The first-order valence-corrected chi connectivity index (χ1v) is 6.11. The van der Waals surface area contributed by atoms with E-state index in [0.29, 0.717) is 18.9 Å². The molecule has 0 aliphatic carbocycles. The van der Waals surface area contributed by atoms with Crippen molar-refractivity contribution in [2.45, 2.75) is 38.7 Å². The summed E-state index contributed by atoms with van der Waals surface area (Å²) in [5.41, 5.74) is 0. The van der Waals surface area contributed by atoms with Gasteiger partial charge in [-0.25, -0.2) is 0 Å². The van der Waals surface area contributed by atoms with Crippen molar-refractivity contribution in [3.05, 3.63) is 0 Å². The third kappa shape index (κ3) is 5.47. The van der Waals surface area contributed by atoms with Crippen molar-refractivity contribution < 1.29 is 14.3 Å². The van der Waals surface area contributed by atoms with Crippen LogP contribution in [0.4, 0.5) is 0 Å². The van der Waals surface area contributed by atoms with Crippen molar-refractivity contribution in [3.63, 3.8) is 0 Å². The number of methoxy groups -OCH3 is 1. The maximum Gasteiger partial charge on any atom is 0.306 e. The third-order valence-corrected chi connectivity index (χ3v) is 2.89. The summed E-state index contributed by atoms with van der Waals surface area (Å²) in [6.45, 7) is 4.48. The number of carbonyl (C=O) groups excluding carboxylic acids is 1. The van der Waals surface area contributed by atoms with Crippen LogP contribution in [-0.2, 0) is 14.3 Å². The van der Waals surface area contributed by atoms with Crippen molar-refractivity contribution >= 4 is 5.97 Å². The van der Waals surface area contributed by atoms with Crippen LogP contribution >= 0.6 is 0 Å². The largest absolute Gasteiger partial charge is 0.460 e. The van der Waals surface area contributed by atoms with Crippen LogP contribution in [0.1, 0.15) is 32.6 Å². The summed E-state index contributed by atoms with van der Waals surface area (Å²) in [5, 5.41) is 3.35. The van der Waals surface area contributed by atoms with Gasteiger partial charge in [0.25, 0.3) is 0 Å². The molecule has 1 aliphatic heterocycles. The molecule has 1 saturated heterocycles. The van der Waals surface area contributed by atoms with Crippen molar-refractivity contribution in [1.29, 1.82) is 0 Å². The van der Waals surface area contributed by atoms with Crippen molar-refractivity contribution in [3.8, 4) is 0 Å². The zero-order chi connectivity index (χ0) is 11.8. The highest BCUT2D eigenvalue weighted by molar-refractivity contribution is 5.69. The van der Waals surface area contributed by atoms with Gasteiger partial charge in [-0.2, -0.15) is 0 Å². The summed E-state index contributed by atoms with van der Waals surface area (Å²) in [7, 11) is 1.61. The summed E-state index contributed by atoms with van der Waals surface area (Å²) >= 11 is 0. The van der Waals surface area contributed by atoms with E-state index in [9.17, 15) is 4.79 Å². The highest BCUT2D eigenvalue weighted by Gasteiger charge is 2.16. The number of ether oxygens (including phenoxy) is 2. The minimum Gasteiger partial charge on any atom is -0.460 e. The van der Waals surface area contributed by atoms with Gasteiger partial charge in [0.05, 0.1) is 6.61 Å². The van der Waals surface area contributed by atoms with E-state index >= 15 is 0 Å². The fourth-order valence-corrected chi connectivity index (χ4v) is 2.04. The number of hydrogen-bond acceptors (Lipinski definition) is 4. The van der Waals surface area contributed by atoms with Crippen molar-refractivity contribution in [2.24, 2.45) is 5.92 Å². The van der Waals surface area contributed by atoms with Crippen LogP contribution in [0.15, 0.2) is 0 Å². The summed E-state index contributed by atoms with van der Waals surface area (Å²) in [6, 6.07) is 0. The molecule has 0 aromatic carbocycles. The molecular weight excluding hydrogens is 206 g/mol. The zero-order valence-electron chi connectivity index (χ0n) is 10.3. The fraction of sp³-hybridized carbons (Fsp3) is 0.917. The lowest BCUT2D eigenvalue weighted by Crippen LogP contribution is -2.30. The number of esters is 1. The molecule has 4 nitrogen and oxygen atoms in total. The Kier molecular flexibility index (Phi) is 6.42. The van der Waals surface area contributed by atoms with Gasteiger partial charge >= 0.3 is 5.97 Å². The van der Waals surface area contributed by atoms with Crippen molar-refractivity contribution in [1.82, 2.24) is 5.32 Å². The van der Waals surface area contributed by atoms with Gasteiger partial charge in [-0.05, 0) is 45.2 Å². The molecule has 0 amide bonds. The molecule has 1 fully saturated rings. The second-order valence-electron chi connectivity index (χ2n) is 4.51. The monoisotopic (exact) mass is 229 g/mol. The van der Waals surface area contributed by atoms with E-state index < -0.39 is 0 Å². The van der Waals surface area contributed by atoms with Crippen LogP contribution in [-0.4, -0.2) is 38.9 Å².